The van der Waals surface area contributed by atoms with Crippen molar-refractivity contribution in [3.63, 3.8) is 0 Å². The molecule has 0 atom stereocenters. The van der Waals surface area contributed by atoms with Gasteiger partial charge in [-0.25, -0.2) is 9.97 Å². The third-order valence-electron chi connectivity index (χ3n) is 3.87. The van der Waals surface area contributed by atoms with E-state index in [1.54, 1.807) is 16.8 Å². The van der Waals surface area contributed by atoms with Gasteiger partial charge in [0.2, 0.25) is 0 Å². The Balaban J connectivity index is 2.30. The average molecular weight is 330 g/mol. The summed E-state index contributed by atoms with van der Waals surface area (Å²) in [7, 11) is 0. The first-order valence-electron chi connectivity index (χ1n) is 7.93. The van der Waals surface area contributed by atoms with Gasteiger partial charge in [0.05, 0.1) is 11.4 Å². The molecule has 0 bridgehead atoms. The molecule has 25 heavy (non-hydrogen) atoms. The highest BCUT2D eigenvalue weighted by Crippen LogP contribution is 2.30. The molecule has 3 aromatic rings. The fourth-order valence-corrected chi connectivity index (χ4v) is 2.60. The number of aromatic nitrogens is 3. The van der Waals surface area contributed by atoms with Gasteiger partial charge in [-0.2, -0.15) is 0 Å². The molecule has 3 rings (SSSR count). The van der Waals surface area contributed by atoms with Gasteiger partial charge in [-0.3, -0.25) is 4.79 Å². The van der Waals surface area contributed by atoms with E-state index >= 15 is 0 Å². The zero-order chi connectivity index (χ0) is 18.0. The van der Waals surface area contributed by atoms with Crippen molar-refractivity contribution in [3.8, 4) is 34.9 Å². The quantitative estimate of drug-likeness (QED) is 0.749. The van der Waals surface area contributed by atoms with Crippen LogP contribution in [0.4, 0.5) is 5.82 Å². The molecule has 0 saturated heterocycles. The molecule has 0 aliphatic heterocycles. The molecule has 0 amide bonds. The van der Waals surface area contributed by atoms with E-state index in [2.05, 4.69) is 15.9 Å². The number of terminal acetylenes is 1. The van der Waals surface area contributed by atoms with Crippen molar-refractivity contribution >= 4 is 5.82 Å². The van der Waals surface area contributed by atoms with Gasteiger partial charge < -0.3 is 10.3 Å². The van der Waals surface area contributed by atoms with Crippen molar-refractivity contribution in [3.05, 3.63) is 64.7 Å². The topological polar surface area (TPSA) is 73.8 Å². The van der Waals surface area contributed by atoms with E-state index in [0.29, 0.717) is 11.4 Å². The Hall–Kier alpha value is -3.39. The molecule has 0 radical (unpaired) electrons. The average Bonchev–Trinajstić information content (AvgIpc) is 2.62. The lowest BCUT2D eigenvalue weighted by atomic mass is 10.0. The second-order valence-electron chi connectivity index (χ2n) is 5.92. The SMILES string of the molecule is C#Cc1nc(-c2ccc(=O)n(C(C)C)c2)c(-c2ccccc2)nc1N. The van der Waals surface area contributed by atoms with E-state index in [0.717, 1.165) is 11.1 Å². The Morgan fingerprint density at radius 3 is 2.36 bits per heavy atom. The highest BCUT2D eigenvalue weighted by atomic mass is 16.1. The molecular formula is C20H18N4O. The minimum absolute atomic E-state index is 0.0291. The minimum Gasteiger partial charge on any atom is -0.381 e. The largest absolute Gasteiger partial charge is 0.381 e. The monoisotopic (exact) mass is 330 g/mol. The van der Waals surface area contributed by atoms with Crippen molar-refractivity contribution in [1.82, 2.24) is 14.5 Å². The zero-order valence-electron chi connectivity index (χ0n) is 14.1. The van der Waals surface area contributed by atoms with Crippen molar-refractivity contribution in [2.75, 3.05) is 5.73 Å². The number of benzene rings is 1. The molecule has 0 spiro atoms. The summed E-state index contributed by atoms with van der Waals surface area (Å²) >= 11 is 0. The lowest BCUT2D eigenvalue weighted by molar-refractivity contribution is 0.579. The third kappa shape index (κ3) is 3.15. The summed E-state index contributed by atoms with van der Waals surface area (Å²) in [4.78, 5) is 21.1. The van der Waals surface area contributed by atoms with Crippen LogP contribution in [0.1, 0.15) is 25.6 Å². The van der Waals surface area contributed by atoms with Crippen LogP contribution in [0.5, 0.6) is 0 Å². The van der Waals surface area contributed by atoms with Gasteiger partial charge in [0.1, 0.15) is 0 Å². The van der Waals surface area contributed by atoms with E-state index in [1.165, 1.54) is 6.07 Å². The molecule has 0 fully saturated rings. The van der Waals surface area contributed by atoms with Crippen molar-refractivity contribution in [2.24, 2.45) is 0 Å². The summed E-state index contributed by atoms with van der Waals surface area (Å²) in [6.07, 6.45) is 7.28. The molecule has 5 heteroatoms. The molecule has 0 saturated carbocycles. The number of anilines is 1. The fraction of sp³-hybridized carbons (Fsp3) is 0.150. The van der Waals surface area contributed by atoms with E-state index < -0.39 is 0 Å². The van der Waals surface area contributed by atoms with Crippen LogP contribution in [-0.2, 0) is 0 Å². The highest BCUT2D eigenvalue weighted by Gasteiger charge is 2.16. The Kier molecular flexibility index (Phi) is 4.36. The van der Waals surface area contributed by atoms with Crippen LogP contribution < -0.4 is 11.3 Å². The molecule has 2 N–H and O–H groups in total. The van der Waals surface area contributed by atoms with Crippen LogP contribution in [0.25, 0.3) is 22.5 Å². The van der Waals surface area contributed by atoms with Gasteiger partial charge in [0.25, 0.3) is 5.56 Å². The maximum absolute atomic E-state index is 12.1. The van der Waals surface area contributed by atoms with E-state index in [-0.39, 0.29) is 23.1 Å². The van der Waals surface area contributed by atoms with Gasteiger partial charge in [0.15, 0.2) is 11.5 Å². The van der Waals surface area contributed by atoms with Crippen LogP contribution in [0.2, 0.25) is 0 Å². The predicted octanol–water partition coefficient (Wildman–Crippen LogP) is 3.12. The number of nitrogen functional groups attached to an aromatic ring is 1. The number of nitrogens with zero attached hydrogens (tertiary/aromatic N) is 3. The summed E-state index contributed by atoms with van der Waals surface area (Å²) in [5.41, 5.74) is 9.04. The maximum Gasteiger partial charge on any atom is 0.250 e. The molecule has 2 aromatic heterocycles. The summed E-state index contributed by atoms with van der Waals surface area (Å²) in [6, 6.07) is 12.9. The molecule has 0 unspecified atom stereocenters. The standard InChI is InChI=1S/C20H18N4O/c1-4-16-20(21)23-18(14-8-6-5-7-9-14)19(22-16)15-10-11-17(25)24(12-15)13(2)3/h1,5-13H,2-3H3,(H2,21,23). The summed E-state index contributed by atoms with van der Waals surface area (Å²) in [5, 5.41) is 0. The Bertz CT molecular complexity index is 1010. The van der Waals surface area contributed by atoms with Crippen LogP contribution in [0.15, 0.2) is 53.5 Å². The normalized spacial score (nSPS) is 10.6. The van der Waals surface area contributed by atoms with Crippen molar-refractivity contribution < 1.29 is 0 Å². The van der Waals surface area contributed by atoms with E-state index in [1.807, 2.05) is 44.2 Å². The van der Waals surface area contributed by atoms with Gasteiger partial charge in [-0.1, -0.05) is 30.3 Å². The predicted molar refractivity (Wildman–Crippen MR) is 99.9 cm³/mol. The van der Waals surface area contributed by atoms with E-state index in [9.17, 15) is 4.79 Å². The molecule has 0 aliphatic carbocycles. The molecule has 5 nitrogen and oxygen atoms in total. The van der Waals surface area contributed by atoms with Gasteiger partial charge >= 0.3 is 0 Å². The first kappa shape index (κ1) is 16.5. The van der Waals surface area contributed by atoms with E-state index in [4.69, 9.17) is 12.2 Å². The number of rotatable bonds is 3. The third-order valence-corrected chi connectivity index (χ3v) is 3.87. The summed E-state index contributed by atoms with van der Waals surface area (Å²) in [6.45, 7) is 3.90. The lowest BCUT2D eigenvalue weighted by Crippen LogP contribution is -2.20. The summed E-state index contributed by atoms with van der Waals surface area (Å²) in [5.74, 6) is 2.68. The van der Waals surface area contributed by atoms with Crippen molar-refractivity contribution in [2.45, 2.75) is 19.9 Å². The Labute approximate surface area is 146 Å². The first-order valence-corrected chi connectivity index (χ1v) is 7.93. The molecule has 2 heterocycles. The number of pyridine rings is 1. The van der Waals surface area contributed by atoms with Gasteiger partial charge in [-0.15, -0.1) is 6.42 Å². The lowest BCUT2D eigenvalue weighted by Gasteiger charge is -2.14. The summed E-state index contributed by atoms with van der Waals surface area (Å²) < 4.78 is 1.65. The highest BCUT2D eigenvalue weighted by molar-refractivity contribution is 5.79. The molecule has 124 valence electrons. The maximum atomic E-state index is 12.1. The number of nitrogens with two attached hydrogens (primary N) is 1. The van der Waals surface area contributed by atoms with Crippen molar-refractivity contribution in [1.29, 1.82) is 0 Å². The second-order valence-corrected chi connectivity index (χ2v) is 5.92. The van der Waals surface area contributed by atoms with Crippen LogP contribution in [-0.4, -0.2) is 14.5 Å². The molecule has 0 aliphatic rings. The van der Waals surface area contributed by atoms with Crippen LogP contribution in [0.3, 0.4) is 0 Å². The Morgan fingerprint density at radius 2 is 1.72 bits per heavy atom. The van der Waals surface area contributed by atoms with Crippen LogP contribution >= 0.6 is 0 Å². The second kappa shape index (κ2) is 6.62. The smallest absolute Gasteiger partial charge is 0.250 e. The minimum atomic E-state index is -0.0689. The number of hydrogen-bond acceptors (Lipinski definition) is 4. The van der Waals surface area contributed by atoms with Gasteiger partial charge in [-0.05, 0) is 25.8 Å². The van der Waals surface area contributed by atoms with Gasteiger partial charge in [0, 0.05) is 29.4 Å². The first-order chi connectivity index (χ1) is 12.0. The fourth-order valence-electron chi connectivity index (χ4n) is 2.60. The number of hydrogen-bond donors (Lipinski definition) is 1. The Morgan fingerprint density at radius 1 is 1.04 bits per heavy atom. The van der Waals surface area contributed by atoms with Crippen LogP contribution in [0, 0.1) is 12.3 Å². The molecule has 1 aromatic carbocycles. The zero-order valence-corrected chi connectivity index (χ0v) is 14.1. The molecular weight excluding hydrogens is 312 g/mol.